The number of piperidine rings is 1. The van der Waals surface area contributed by atoms with Crippen molar-refractivity contribution >= 4 is 12.1 Å². The Bertz CT molecular complexity index is 414. The summed E-state index contributed by atoms with van der Waals surface area (Å²) < 4.78 is 5.33. The van der Waals surface area contributed by atoms with E-state index in [1.54, 1.807) is 4.90 Å². The van der Waals surface area contributed by atoms with E-state index in [0.717, 1.165) is 5.57 Å². The molecule has 1 rings (SSSR count). The number of carboxylic acid groups (broad SMARTS) is 1. The summed E-state index contributed by atoms with van der Waals surface area (Å²) in [7, 11) is 0. The number of aliphatic carboxylic acids is 1. The lowest BCUT2D eigenvalue weighted by Gasteiger charge is -2.39. The first-order chi connectivity index (χ1) is 9.56. The number of amides is 1. The van der Waals surface area contributed by atoms with Gasteiger partial charge in [-0.2, -0.15) is 0 Å². The highest BCUT2D eigenvalue weighted by Crippen LogP contribution is 2.37. The number of hydrogen-bond donors (Lipinski definition) is 1. The lowest BCUT2D eigenvalue weighted by atomic mass is 9.74. The number of rotatable bonds is 4. The van der Waals surface area contributed by atoms with Gasteiger partial charge in [-0.1, -0.05) is 5.57 Å². The minimum absolute atomic E-state index is 0.360. The van der Waals surface area contributed by atoms with Gasteiger partial charge in [-0.15, -0.1) is 6.58 Å². The summed E-state index contributed by atoms with van der Waals surface area (Å²) in [5.41, 5.74) is -0.277. The molecule has 1 heterocycles. The largest absolute Gasteiger partial charge is 0.481 e. The highest BCUT2D eigenvalue weighted by Gasteiger charge is 2.42. The summed E-state index contributed by atoms with van der Waals surface area (Å²) in [6, 6.07) is 0. The lowest BCUT2D eigenvalue weighted by molar-refractivity contribution is -0.152. The van der Waals surface area contributed by atoms with E-state index in [0.29, 0.717) is 38.8 Å². The van der Waals surface area contributed by atoms with Crippen molar-refractivity contribution in [1.82, 2.24) is 4.90 Å². The summed E-state index contributed by atoms with van der Waals surface area (Å²) in [4.78, 5) is 25.2. The molecule has 0 aromatic rings. The summed E-state index contributed by atoms with van der Waals surface area (Å²) in [6.45, 7) is 12.1. The molecule has 0 spiro atoms. The van der Waals surface area contributed by atoms with E-state index < -0.39 is 17.0 Å². The molecule has 21 heavy (non-hydrogen) atoms. The van der Waals surface area contributed by atoms with Gasteiger partial charge in [0, 0.05) is 13.1 Å². The maximum absolute atomic E-state index is 12.0. The Hall–Kier alpha value is -1.52. The molecule has 1 N–H and O–H groups in total. The Morgan fingerprint density at radius 1 is 1.29 bits per heavy atom. The van der Waals surface area contributed by atoms with Gasteiger partial charge < -0.3 is 14.7 Å². The van der Waals surface area contributed by atoms with E-state index >= 15 is 0 Å². The maximum Gasteiger partial charge on any atom is 0.410 e. The number of carbonyl (C=O) groups excluding carboxylic acids is 1. The van der Waals surface area contributed by atoms with E-state index in [-0.39, 0.29) is 6.09 Å². The van der Waals surface area contributed by atoms with Gasteiger partial charge in [0.1, 0.15) is 5.60 Å². The van der Waals surface area contributed by atoms with Crippen LogP contribution in [0.4, 0.5) is 4.79 Å². The highest BCUT2D eigenvalue weighted by molar-refractivity contribution is 5.75. The molecule has 1 aliphatic heterocycles. The number of ether oxygens (including phenoxy) is 1. The summed E-state index contributed by atoms with van der Waals surface area (Å²) >= 11 is 0. The molecular weight excluding hydrogens is 270 g/mol. The van der Waals surface area contributed by atoms with Crippen LogP contribution in [0.2, 0.25) is 0 Å². The topological polar surface area (TPSA) is 66.8 Å². The zero-order valence-corrected chi connectivity index (χ0v) is 13.6. The van der Waals surface area contributed by atoms with Gasteiger partial charge in [-0.3, -0.25) is 4.79 Å². The predicted octanol–water partition coefficient (Wildman–Crippen LogP) is 3.44. The van der Waals surface area contributed by atoms with Crippen molar-refractivity contribution in [1.29, 1.82) is 0 Å². The third-order valence-corrected chi connectivity index (χ3v) is 3.86. The summed E-state index contributed by atoms with van der Waals surface area (Å²) in [5.74, 6) is -0.771. The van der Waals surface area contributed by atoms with Crippen molar-refractivity contribution in [2.45, 2.75) is 59.0 Å². The van der Waals surface area contributed by atoms with Crippen molar-refractivity contribution in [2.75, 3.05) is 13.1 Å². The van der Waals surface area contributed by atoms with Crippen LogP contribution in [0.1, 0.15) is 53.4 Å². The highest BCUT2D eigenvalue weighted by atomic mass is 16.6. The Morgan fingerprint density at radius 2 is 1.81 bits per heavy atom. The zero-order chi connectivity index (χ0) is 16.3. The first kappa shape index (κ1) is 17.5. The summed E-state index contributed by atoms with van der Waals surface area (Å²) in [5, 5.41) is 9.55. The quantitative estimate of drug-likeness (QED) is 0.807. The third-order valence-electron chi connectivity index (χ3n) is 3.86. The second-order valence-corrected chi connectivity index (χ2v) is 7.01. The minimum Gasteiger partial charge on any atom is -0.481 e. The molecular formula is C16H27NO4. The molecule has 0 unspecified atom stereocenters. The molecule has 0 aliphatic carbocycles. The Balaban J connectivity index is 2.64. The molecule has 120 valence electrons. The van der Waals surface area contributed by atoms with Crippen LogP contribution in [-0.4, -0.2) is 40.8 Å². The molecule has 1 fully saturated rings. The number of likely N-dealkylation sites (tertiary alicyclic amines) is 1. The smallest absolute Gasteiger partial charge is 0.410 e. The minimum atomic E-state index is -0.771. The van der Waals surface area contributed by atoms with Crippen molar-refractivity contribution in [3.05, 3.63) is 12.2 Å². The standard InChI is InChI=1S/C16H27NO4/c1-12(2)6-7-16(13(18)19)8-10-17(11-9-16)14(20)21-15(3,4)5/h1,6-11H2,2-5H3,(H,18,19). The lowest BCUT2D eigenvalue weighted by Crippen LogP contribution is -2.47. The fraction of sp³-hybridized carbons (Fsp3) is 0.750. The fourth-order valence-corrected chi connectivity index (χ4v) is 2.47. The molecule has 0 radical (unpaired) electrons. The van der Waals surface area contributed by atoms with Crippen LogP contribution in [0.5, 0.6) is 0 Å². The van der Waals surface area contributed by atoms with E-state index in [1.165, 1.54) is 0 Å². The van der Waals surface area contributed by atoms with Crippen molar-refractivity contribution < 1.29 is 19.4 Å². The van der Waals surface area contributed by atoms with Crippen LogP contribution >= 0.6 is 0 Å². The van der Waals surface area contributed by atoms with Crippen molar-refractivity contribution in [2.24, 2.45) is 5.41 Å². The summed E-state index contributed by atoms with van der Waals surface area (Å²) in [6.07, 6.45) is 1.86. The van der Waals surface area contributed by atoms with Crippen LogP contribution in [0, 0.1) is 5.41 Å². The monoisotopic (exact) mass is 297 g/mol. The molecule has 0 aromatic carbocycles. The van der Waals surface area contributed by atoms with Crippen LogP contribution in [0.3, 0.4) is 0 Å². The molecule has 5 nitrogen and oxygen atoms in total. The van der Waals surface area contributed by atoms with Gasteiger partial charge in [-0.25, -0.2) is 4.79 Å². The van der Waals surface area contributed by atoms with Gasteiger partial charge in [0.15, 0.2) is 0 Å². The van der Waals surface area contributed by atoms with Crippen LogP contribution in [-0.2, 0) is 9.53 Å². The molecule has 0 atom stereocenters. The predicted molar refractivity (Wildman–Crippen MR) is 81.2 cm³/mol. The number of hydrogen-bond acceptors (Lipinski definition) is 3. The Labute approximate surface area is 127 Å². The second kappa shape index (κ2) is 6.50. The average molecular weight is 297 g/mol. The van der Waals surface area contributed by atoms with Crippen LogP contribution < -0.4 is 0 Å². The Kier molecular flexibility index (Phi) is 5.42. The van der Waals surface area contributed by atoms with E-state index in [1.807, 2.05) is 27.7 Å². The van der Waals surface area contributed by atoms with E-state index in [9.17, 15) is 14.7 Å². The van der Waals surface area contributed by atoms with E-state index in [2.05, 4.69) is 6.58 Å². The molecule has 1 aliphatic rings. The zero-order valence-electron chi connectivity index (χ0n) is 13.6. The number of carboxylic acids is 1. The molecule has 5 heteroatoms. The SMILES string of the molecule is C=C(C)CCC1(C(=O)O)CCN(C(=O)OC(C)(C)C)CC1. The van der Waals surface area contributed by atoms with Gasteiger partial charge in [-0.05, 0) is 53.4 Å². The molecule has 0 bridgehead atoms. The molecule has 1 amide bonds. The van der Waals surface area contributed by atoms with Gasteiger partial charge >= 0.3 is 12.1 Å². The average Bonchev–Trinajstić information content (AvgIpc) is 2.34. The van der Waals surface area contributed by atoms with Crippen LogP contribution in [0.15, 0.2) is 12.2 Å². The maximum atomic E-state index is 12.0. The van der Waals surface area contributed by atoms with Gasteiger partial charge in [0.2, 0.25) is 0 Å². The first-order valence-corrected chi connectivity index (χ1v) is 7.41. The first-order valence-electron chi connectivity index (χ1n) is 7.41. The fourth-order valence-electron chi connectivity index (χ4n) is 2.47. The van der Waals surface area contributed by atoms with Crippen LogP contribution in [0.25, 0.3) is 0 Å². The van der Waals surface area contributed by atoms with Gasteiger partial charge in [0.25, 0.3) is 0 Å². The van der Waals surface area contributed by atoms with Crippen molar-refractivity contribution in [3.8, 4) is 0 Å². The number of carbonyl (C=O) groups is 2. The number of allylic oxidation sites excluding steroid dienone is 1. The molecule has 0 aromatic heterocycles. The third kappa shape index (κ3) is 5.06. The Morgan fingerprint density at radius 3 is 2.19 bits per heavy atom. The normalized spacial score (nSPS) is 18.2. The van der Waals surface area contributed by atoms with E-state index in [4.69, 9.17) is 4.74 Å². The molecule has 0 saturated carbocycles. The second-order valence-electron chi connectivity index (χ2n) is 7.01. The number of nitrogens with zero attached hydrogens (tertiary/aromatic N) is 1. The molecule has 1 saturated heterocycles. The van der Waals surface area contributed by atoms with Gasteiger partial charge in [0.05, 0.1) is 5.41 Å². The van der Waals surface area contributed by atoms with Crippen molar-refractivity contribution in [3.63, 3.8) is 0 Å².